The molecular formula is C21H20O4S10. The van der Waals surface area contributed by atoms with Gasteiger partial charge in [0.25, 0.3) is 0 Å². The molecule has 188 valence electrons. The lowest BCUT2D eigenvalue weighted by Gasteiger charge is -2.05. The van der Waals surface area contributed by atoms with Crippen LogP contribution in [0.3, 0.4) is 0 Å². The lowest BCUT2D eigenvalue weighted by Crippen LogP contribution is -1.96. The molecule has 0 aliphatic carbocycles. The van der Waals surface area contributed by atoms with Gasteiger partial charge in [0.05, 0.1) is 25.4 Å². The first-order chi connectivity index (χ1) is 16.6. The normalized spacial score (nSPS) is 21.1. The first-order valence-electron chi connectivity index (χ1n) is 10.1. The Labute approximate surface area is 247 Å². The quantitative estimate of drug-likeness (QED) is 0.243. The molecule has 4 nitrogen and oxygen atoms in total. The molecule has 0 atom stereocenters. The topological polar surface area (TPSA) is 74.6 Å². The zero-order valence-corrected chi connectivity index (χ0v) is 27.1. The number of hydrogen-bond donors (Lipinski definition) is 2. The summed E-state index contributed by atoms with van der Waals surface area (Å²) in [6.07, 6.45) is 0.864. The monoisotopic (exact) mass is 656 g/mol. The van der Waals surface area contributed by atoms with Crippen LogP contribution in [0.25, 0.3) is 0 Å². The fourth-order valence-electron chi connectivity index (χ4n) is 2.63. The predicted molar refractivity (Wildman–Crippen MR) is 170 cm³/mol. The van der Waals surface area contributed by atoms with E-state index in [1.807, 2.05) is 0 Å². The maximum Gasteiger partial charge on any atom is 0.344 e. The number of allylic oxidation sites excluding steroid dienone is 4. The number of carboxylic acids is 2. The second-order valence-corrected chi connectivity index (χ2v) is 19.8. The Morgan fingerprint density at radius 2 is 0.886 bits per heavy atom. The molecule has 2 N–H and O–H groups in total. The lowest BCUT2D eigenvalue weighted by molar-refractivity contribution is -0.132. The summed E-state index contributed by atoms with van der Waals surface area (Å²) >= 11 is 16.0. The van der Waals surface area contributed by atoms with Crippen LogP contribution >= 0.6 is 118 Å². The number of rotatable bonds is 8. The SMILES string of the molecule is CC1=C(C)SC(=C2SC(SCCCSC3=C(C(=O)O)SC(=C4SC(C)=C(C)S4)S3)=C(C(=O)O)S2)S1. The molecular weight excluding hydrogens is 637 g/mol. The minimum absolute atomic E-state index is 0.416. The Hall–Kier alpha value is 0.880. The second-order valence-electron chi connectivity index (χ2n) is 7.09. The van der Waals surface area contributed by atoms with E-state index in [9.17, 15) is 19.8 Å². The molecule has 0 saturated heterocycles. The fraction of sp³-hybridized carbons (Fsp3) is 0.333. The molecule has 0 saturated carbocycles. The predicted octanol–water partition coefficient (Wildman–Crippen LogP) is 10.0. The molecule has 0 fully saturated rings. The van der Waals surface area contributed by atoms with Crippen molar-refractivity contribution in [3.8, 4) is 0 Å². The first kappa shape index (κ1) is 28.9. The van der Waals surface area contributed by atoms with E-state index in [0.29, 0.717) is 9.81 Å². The molecule has 0 radical (unpaired) electrons. The number of hydrogen-bond acceptors (Lipinski definition) is 12. The van der Waals surface area contributed by atoms with Crippen molar-refractivity contribution in [2.24, 2.45) is 0 Å². The molecule has 4 heterocycles. The molecule has 0 amide bonds. The molecule has 4 rings (SSSR count). The van der Waals surface area contributed by atoms with Crippen LogP contribution in [0.2, 0.25) is 0 Å². The van der Waals surface area contributed by atoms with Crippen LogP contribution in [0.1, 0.15) is 34.1 Å². The zero-order valence-electron chi connectivity index (χ0n) is 18.9. The van der Waals surface area contributed by atoms with Crippen LogP contribution in [-0.2, 0) is 9.59 Å². The van der Waals surface area contributed by atoms with Gasteiger partial charge in [-0.1, -0.05) is 94.1 Å². The first-order valence-corrected chi connectivity index (χ1v) is 18.6. The van der Waals surface area contributed by atoms with E-state index < -0.39 is 11.9 Å². The maximum atomic E-state index is 11.8. The van der Waals surface area contributed by atoms with Crippen LogP contribution in [0.4, 0.5) is 0 Å². The summed E-state index contributed by atoms with van der Waals surface area (Å²) in [7, 11) is 0. The van der Waals surface area contributed by atoms with E-state index in [0.717, 1.165) is 34.9 Å². The highest BCUT2D eigenvalue weighted by atomic mass is 32.2. The summed E-state index contributed by atoms with van der Waals surface area (Å²) in [4.78, 5) is 29.6. The Balaban J connectivity index is 1.30. The standard InChI is InChI=1S/C21H20O4S10/c1-8-9(2)29-18(28-8)20-32-12(14(22)23)16(34-20)26-6-5-7-27-17-13(15(24)25)33-21(35-17)19-30-10(3)11(4)31-19/h5-7H2,1-4H3,(H,22,23)(H,24,25). The van der Waals surface area contributed by atoms with Gasteiger partial charge in [0, 0.05) is 0 Å². The van der Waals surface area contributed by atoms with E-state index in [-0.39, 0.29) is 0 Å². The summed E-state index contributed by atoms with van der Waals surface area (Å²) in [5, 5.41) is 19.4. The van der Waals surface area contributed by atoms with Gasteiger partial charge in [0.15, 0.2) is 0 Å². The van der Waals surface area contributed by atoms with Crippen molar-refractivity contribution in [1.82, 2.24) is 0 Å². The zero-order chi connectivity index (χ0) is 25.3. The molecule has 0 aromatic rings. The third kappa shape index (κ3) is 7.10. The van der Waals surface area contributed by atoms with Crippen molar-refractivity contribution < 1.29 is 19.8 Å². The van der Waals surface area contributed by atoms with Crippen LogP contribution in [0.5, 0.6) is 0 Å². The van der Waals surface area contributed by atoms with E-state index in [1.54, 1.807) is 94.1 Å². The molecule has 0 aromatic carbocycles. The van der Waals surface area contributed by atoms with Gasteiger partial charge in [-0.2, -0.15) is 0 Å². The van der Waals surface area contributed by atoms with Gasteiger partial charge in [-0.15, -0.1) is 23.5 Å². The van der Waals surface area contributed by atoms with Crippen molar-refractivity contribution in [3.63, 3.8) is 0 Å². The minimum Gasteiger partial charge on any atom is -0.477 e. The number of carbonyl (C=O) groups is 2. The van der Waals surface area contributed by atoms with Gasteiger partial charge in [0.1, 0.15) is 9.81 Å². The summed E-state index contributed by atoms with van der Waals surface area (Å²) < 4.78 is 6.18. The molecule has 4 aliphatic heterocycles. The van der Waals surface area contributed by atoms with E-state index >= 15 is 0 Å². The van der Waals surface area contributed by atoms with Gasteiger partial charge < -0.3 is 10.2 Å². The van der Waals surface area contributed by atoms with Crippen molar-refractivity contribution in [2.45, 2.75) is 34.1 Å². The Bertz CT molecular complexity index is 1050. The van der Waals surface area contributed by atoms with Crippen molar-refractivity contribution in [2.75, 3.05) is 11.5 Å². The highest BCUT2D eigenvalue weighted by Gasteiger charge is 2.32. The molecule has 4 aliphatic rings. The van der Waals surface area contributed by atoms with Gasteiger partial charge in [-0.05, 0) is 65.2 Å². The van der Waals surface area contributed by atoms with Crippen molar-refractivity contribution in [3.05, 3.63) is 54.9 Å². The largest absolute Gasteiger partial charge is 0.477 e. The van der Waals surface area contributed by atoms with Gasteiger partial charge in [0.2, 0.25) is 0 Å². The fourth-order valence-corrected chi connectivity index (χ4v) is 16.5. The molecule has 0 unspecified atom stereocenters. The second kappa shape index (κ2) is 12.8. The Morgan fingerprint density at radius 3 is 1.20 bits per heavy atom. The van der Waals surface area contributed by atoms with Crippen LogP contribution in [0.15, 0.2) is 54.9 Å². The maximum absolute atomic E-state index is 11.8. The number of carboxylic acid groups (broad SMARTS) is 2. The Morgan fingerprint density at radius 1 is 0.571 bits per heavy atom. The van der Waals surface area contributed by atoms with Gasteiger partial charge in [-0.3, -0.25) is 0 Å². The van der Waals surface area contributed by atoms with Crippen molar-refractivity contribution in [1.29, 1.82) is 0 Å². The number of aliphatic carboxylic acids is 2. The van der Waals surface area contributed by atoms with E-state index in [1.165, 1.54) is 51.6 Å². The summed E-state index contributed by atoms with van der Waals surface area (Å²) in [6, 6.07) is 0. The summed E-state index contributed by atoms with van der Waals surface area (Å²) in [5.41, 5.74) is 0. The Kier molecular flexibility index (Phi) is 10.6. The van der Waals surface area contributed by atoms with Crippen molar-refractivity contribution >= 4 is 130 Å². The smallest absolute Gasteiger partial charge is 0.344 e. The number of thioether (sulfide) groups is 10. The highest BCUT2D eigenvalue weighted by Crippen LogP contribution is 2.63. The van der Waals surface area contributed by atoms with Crippen LogP contribution in [0, 0.1) is 0 Å². The highest BCUT2D eigenvalue weighted by molar-refractivity contribution is 8.39. The van der Waals surface area contributed by atoms with Crippen LogP contribution in [-0.4, -0.2) is 33.7 Å². The molecule has 35 heavy (non-hydrogen) atoms. The van der Waals surface area contributed by atoms with Gasteiger partial charge >= 0.3 is 11.9 Å². The molecule has 0 bridgehead atoms. The average Bonchev–Trinajstić information content (AvgIpc) is 3.55. The van der Waals surface area contributed by atoms with Gasteiger partial charge in [-0.25, -0.2) is 9.59 Å². The van der Waals surface area contributed by atoms with Crippen LogP contribution < -0.4 is 0 Å². The average molecular weight is 657 g/mol. The van der Waals surface area contributed by atoms with E-state index in [2.05, 4.69) is 27.7 Å². The third-order valence-electron chi connectivity index (χ3n) is 4.58. The third-order valence-corrected chi connectivity index (χ3v) is 19.0. The minimum atomic E-state index is -0.872. The van der Waals surface area contributed by atoms with E-state index in [4.69, 9.17) is 0 Å². The molecule has 0 spiro atoms. The lowest BCUT2D eigenvalue weighted by atomic mass is 10.6. The summed E-state index contributed by atoms with van der Waals surface area (Å²) in [6.45, 7) is 8.39. The summed E-state index contributed by atoms with van der Waals surface area (Å²) in [5.74, 6) is -0.158. The molecule has 0 aromatic heterocycles. The molecule has 14 heteroatoms.